The number of guanidine groups is 1. The molecule has 1 unspecified atom stereocenters. The maximum atomic E-state index is 10.7. The summed E-state index contributed by atoms with van der Waals surface area (Å²) in [6, 6.07) is 7.85. The number of aliphatic imine (C=N–C) groups is 1. The van der Waals surface area contributed by atoms with Crippen LogP contribution >= 0.6 is 11.6 Å². The van der Waals surface area contributed by atoms with Gasteiger partial charge in [-0.1, -0.05) is 29.8 Å². The van der Waals surface area contributed by atoms with Crippen molar-refractivity contribution in [3.05, 3.63) is 34.9 Å². The van der Waals surface area contributed by atoms with Gasteiger partial charge in [-0.15, -0.1) is 0 Å². The standard InChI is InChI=1S/C19H31ClN4O2/c1-3-21-18(22-9-8-16-6-4-5-7-17(16)20)23-14-19(2,25)15-24-10-12-26-13-11-24/h4-7,25H,3,8-15H2,1-2H3,(H2,21,22,23). The van der Waals surface area contributed by atoms with Gasteiger partial charge in [0.05, 0.1) is 25.4 Å². The Bertz CT molecular complexity index is 574. The van der Waals surface area contributed by atoms with Crippen molar-refractivity contribution in [1.29, 1.82) is 0 Å². The second-order valence-corrected chi connectivity index (χ2v) is 7.26. The van der Waals surface area contributed by atoms with Gasteiger partial charge in [0.2, 0.25) is 0 Å². The summed E-state index contributed by atoms with van der Waals surface area (Å²) in [5, 5.41) is 18.0. The van der Waals surface area contributed by atoms with Gasteiger partial charge in [-0.05, 0) is 31.9 Å². The highest BCUT2D eigenvalue weighted by Crippen LogP contribution is 2.14. The van der Waals surface area contributed by atoms with Crippen LogP contribution in [0.5, 0.6) is 0 Å². The maximum Gasteiger partial charge on any atom is 0.191 e. The molecule has 26 heavy (non-hydrogen) atoms. The van der Waals surface area contributed by atoms with E-state index in [-0.39, 0.29) is 0 Å². The number of benzene rings is 1. The van der Waals surface area contributed by atoms with Gasteiger partial charge in [-0.25, -0.2) is 0 Å². The van der Waals surface area contributed by atoms with Crippen molar-refractivity contribution >= 4 is 17.6 Å². The summed E-state index contributed by atoms with van der Waals surface area (Å²) in [6.07, 6.45) is 0.814. The van der Waals surface area contributed by atoms with E-state index >= 15 is 0 Å². The second kappa shape index (κ2) is 10.7. The van der Waals surface area contributed by atoms with E-state index in [1.165, 1.54) is 0 Å². The van der Waals surface area contributed by atoms with Crippen molar-refractivity contribution in [2.75, 3.05) is 52.5 Å². The molecule has 0 saturated carbocycles. The molecule has 6 nitrogen and oxygen atoms in total. The molecule has 1 aliphatic rings. The number of nitrogens with zero attached hydrogens (tertiary/aromatic N) is 2. The fraction of sp³-hybridized carbons (Fsp3) is 0.632. The molecular formula is C19H31ClN4O2. The Morgan fingerprint density at radius 3 is 2.73 bits per heavy atom. The fourth-order valence-corrected chi connectivity index (χ4v) is 3.13. The first kappa shape index (κ1) is 21.0. The van der Waals surface area contributed by atoms with Crippen LogP contribution in [0.2, 0.25) is 5.02 Å². The van der Waals surface area contributed by atoms with Gasteiger partial charge < -0.3 is 20.5 Å². The van der Waals surface area contributed by atoms with Gasteiger partial charge in [0, 0.05) is 37.7 Å². The molecule has 1 fully saturated rings. The third kappa shape index (κ3) is 7.50. The lowest BCUT2D eigenvalue weighted by atomic mass is 10.1. The Hall–Kier alpha value is -1.34. The van der Waals surface area contributed by atoms with Crippen LogP contribution in [0, 0.1) is 0 Å². The minimum Gasteiger partial charge on any atom is -0.387 e. The zero-order valence-electron chi connectivity index (χ0n) is 15.8. The Labute approximate surface area is 161 Å². The molecule has 2 rings (SSSR count). The SMILES string of the molecule is CCNC(=NCC(C)(O)CN1CCOCC1)NCCc1ccccc1Cl. The summed E-state index contributed by atoms with van der Waals surface area (Å²) in [7, 11) is 0. The highest BCUT2D eigenvalue weighted by atomic mass is 35.5. The van der Waals surface area contributed by atoms with Crippen LogP contribution in [0.4, 0.5) is 0 Å². The van der Waals surface area contributed by atoms with Crippen molar-refractivity contribution < 1.29 is 9.84 Å². The van der Waals surface area contributed by atoms with Crippen LogP contribution in [0.25, 0.3) is 0 Å². The molecule has 1 heterocycles. The average molecular weight is 383 g/mol. The van der Waals surface area contributed by atoms with Crippen molar-refractivity contribution in [3.8, 4) is 0 Å². The molecule has 0 aromatic heterocycles. The molecule has 1 aromatic carbocycles. The van der Waals surface area contributed by atoms with Gasteiger partial charge >= 0.3 is 0 Å². The highest BCUT2D eigenvalue weighted by molar-refractivity contribution is 6.31. The molecule has 0 radical (unpaired) electrons. The molecule has 7 heteroatoms. The Kier molecular flexibility index (Phi) is 8.65. The first-order valence-electron chi connectivity index (χ1n) is 9.28. The molecular weight excluding hydrogens is 352 g/mol. The number of ether oxygens (including phenoxy) is 1. The van der Waals surface area contributed by atoms with E-state index in [9.17, 15) is 5.11 Å². The molecule has 1 aliphatic heterocycles. The molecule has 0 aliphatic carbocycles. The third-order valence-corrected chi connectivity index (χ3v) is 4.60. The smallest absolute Gasteiger partial charge is 0.191 e. The number of hydrogen-bond donors (Lipinski definition) is 3. The predicted octanol–water partition coefficient (Wildman–Crippen LogP) is 1.52. The zero-order chi connectivity index (χ0) is 18.8. The highest BCUT2D eigenvalue weighted by Gasteiger charge is 2.25. The van der Waals surface area contributed by atoms with Gasteiger partial charge in [0.1, 0.15) is 0 Å². The summed E-state index contributed by atoms with van der Waals surface area (Å²) in [4.78, 5) is 6.78. The largest absolute Gasteiger partial charge is 0.387 e. The number of β-amino-alcohol motifs (C(OH)–C–C–N with tert-alkyl or cyclic N) is 1. The fourth-order valence-electron chi connectivity index (χ4n) is 2.90. The average Bonchev–Trinajstić information content (AvgIpc) is 2.62. The number of hydrogen-bond acceptors (Lipinski definition) is 4. The van der Waals surface area contributed by atoms with Crippen LogP contribution in [-0.4, -0.2) is 74.0 Å². The summed E-state index contributed by atoms with van der Waals surface area (Å²) in [5.74, 6) is 0.710. The van der Waals surface area contributed by atoms with Crippen molar-refractivity contribution in [3.63, 3.8) is 0 Å². The first-order valence-corrected chi connectivity index (χ1v) is 9.66. The Morgan fingerprint density at radius 1 is 1.31 bits per heavy atom. The molecule has 0 spiro atoms. The van der Waals surface area contributed by atoms with E-state index in [1.54, 1.807) is 0 Å². The lowest BCUT2D eigenvalue weighted by Gasteiger charge is -2.33. The minimum absolute atomic E-state index is 0.339. The summed E-state index contributed by atoms with van der Waals surface area (Å²) < 4.78 is 5.35. The van der Waals surface area contributed by atoms with E-state index in [1.807, 2.05) is 38.1 Å². The van der Waals surface area contributed by atoms with Crippen LogP contribution in [0.3, 0.4) is 0 Å². The van der Waals surface area contributed by atoms with Gasteiger partial charge in [0.15, 0.2) is 5.96 Å². The van der Waals surface area contributed by atoms with E-state index in [0.29, 0.717) is 19.0 Å². The number of rotatable bonds is 8. The molecule has 0 amide bonds. The summed E-state index contributed by atoms with van der Waals surface area (Å²) in [6.45, 7) is 9.45. The topological polar surface area (TPSA) is 69.1 Å². The number of halogens is 1. The molecule has 146 valence electrons. The number of nitrogens with one attached hydrogen (secondary N) is 2. The molecule has 1 saturated heterocycles. The van der Waals surface area contributed by atoms with Crippen LogP contribution in [-0.2, 0) is 11.2 Å². The van der Waals surface area contributed by atoms with Crippen molar-refractivity contribution in [2.45, 2.75) is 25.9 Å². The third-order valence-electron chi connectivity index (χ3n) is 4.23. The van der Waals surface area contributed by atoms with Crippen LogP contribution in [0.15, 0.2) is 29.3 Å². The summed E-state index contributed by atoms with van der Waals surface area (Å²) >= 11 is 6.19. The van der Waals surface area contributed by atoms with E-state index in [0.717, 1.165) is 56.4 Å². The van der Waals surface area contributed by atoms with E-state index in [2.05, 4.69) is 20.5 Å². The number of morpholine rings is 1. The van der Waals surface area contributed by atoms with Crippen LogP contribution in [0.1, 0.15) is 19.4 Å². The molecule has 1 atom stereocenters. The normalized spacial score (nSPS) is 18.4. The molecule has 3 N–H and O–H groups in total. The first-order chi connectivity index (χ1) is 12.5. The molecule has 1 aromatic rings. The van der Waals surface area contributed by atoms with Crippen LogP contribution < -0.4 is 10.6 Å². The lowest BCUT2D eigenvalue weighted by molar-refractivity contribution is -0.0179. The van der Waals surface area contributed by atoms with Gasteiger partial charge in [-0.2, -0.15) is 0 Å². The quantitative estimate of drug-likeness (QED) is 0.470. The monoisotopic (exact) mass is 382 g/mol. The Balaban J connectivity index is 1.83. The van der Waals surface area contributed by atoms with Crippen molar-refractivity contribution in [2.24, 2.45) is 4.99 Å². The zero-order valence-corrected chi connectivity index (χ0v) is 16.6. The number of aliphatic hydroxyl groups is 1. The molecule has 0 bridgehead atoms. The van der Waals surface area contributed by atoms with E-state index in [4.69, 9.17) is 16.3 Å². The lowest BCUT2D eigenvalue weighted by Crippen LogP contribution is -2.48. The summed E-state index contributed by atoms with van der Waals surface area (Å²) in [5.41, 5.74) is 0.236. The van der Waals surface area contributed by atoms with E-state index < -0.39 is 5.60 Å². The maximum absolute atomic E-state index is 10.7. The van der Waals surface area contributed by atoms with Crippen molar-refractivity contribution in [1.82, 2.24) is 15.5 Å². The Morgan fingerprint density at radius 2 is 2.04 bits per heavy atom. The predicted molar refractivity (Wildman–Crippen MR) is 107 cm³/mol. The minimum atomic E-state index is -0.873. The second-order valence-electron chi connectivity index (χ2n) is 6.85. The van der Waals surface area contributed by atoms with Gasteiger partial charge in [-0.3, -0.25) is 9.89 Å². The van der Waals surface area contributed by atoms with Gasteiger partial charge in [0.25, 0.3) is 0 Å².